The smallest absolute Gasteiger partial charge is 0.407 e. The highest BCUT2D eigenvalue weighted by molar-refractivity contribution is 5.65. The molecule has 3 heterocycles. The van der Waals surface area contributed by atoms with E-state index in [-0.39, 0.29) is 12.5 Å². The van der Waals surface area contributed by atoms with Crippen molar-refractivity contribution in [3.8, 4) is 0 Å². The molecule has 8 nitrogen and oxygen atoms in total. The predicted molar refractivity (Wildman–Crippen MR) is 71.9 cm³/mol. The van der Waals surface area contributed by atoms with Gasteiger partial charge in [-0.05, 0) is 6.42 Å². The molecule has 21 heavy (non-hydrogen) atoms. The molecule has 2 N–H and O–H groups in total. The highest BCUT2D eigenvalue weighted by Gasteiger charge is 2.31. The number of carboxylic acid groups (broad SMARTS) is 1. The molecular weight excluding hydrogens is 279 g/mol. The standard InChI is InChI=1S/C12H15FN6O2/c13-9-6-18(12(20)21)2-1-8(9)3-15-10-4-14-5-11-17-16-7-19(10)11/h4-5,7-9,15H,1-3,6H2,(H,20,21). The highest BCUT2D eigenvalue weighted by atomic mass is 19.1. The quantitative estimate of drug-likeness (QED) is 0.872. The van der Waals surface area contributed by atoms with Crippen molar-refractivity contribution in [2.24, 2.45) is 5.92 Å². The van der Waals surface area contributed by atoms with E-state index in [0.29, 0.717) is 31.0 Å². The molecule has 0 bridgehead atoms. The first-order valence-corrected chi connectivity index (χ1v) is 6.64. The van der Waals surface area contributed by atoms with E-state index in [1.807, 2.05) is 0 Å². The van der Waals surface area contributed by atoms with Crippen LogP contribution in [0.1, 0.15) is 6.42 Å². The number of amides is 1. The van der Waals surface area contributed by atoms with E-state index in [9.17, 15) is 9.18 Å². The Bertz CT molecular complexity index is 647. The largest absolute Gasteiger partial charge is 0.465 e. The summed E-state index contributed by atoms with van der Waals surface area (Å²) >= 11 is 0. The maximum absolute atomic E-state index is 14.0. The number of nitrogens with zero attached hydrogens (tertiary/aromatic N) is 5. The summed E-state index contributed by atoms with van der Waals surface area (Å²) < 4.78 is 15.8. The Hall–Kier alpha value is -2.45. The van der Waals surface area contributed by atoms with Gasteiger partial charge in [-0.1, -0.05) is 0 Å². The van der Waals surface area contributed by atoms with Crippen molar-refractivity contribution in [1.82, 2.24) is 24.5 Å². The molecule has 1 saturated heterocycles. The Morgan fingerprint density at radius 3 is 3.14 bits per heavy atom. The number of alkyl halides is 1. The molecule has 2 aromatic rings. The van der Waals surface area contributed by atoms with Gasteiger partial charge >= 0.3 is 6.09 Å². The van der Waals surface area contributed by atoms with Gasteiger partial charge in [0.1, 0.15) is 18.3 Å². The minimum absolute atomic E-state index is 0.0727. The lowest BCUT2D eigenvalue weighted by Gasteiger charge is -2.33. The van der Waals surface area contributed by atoms with Crippen LogP contribution in [0.2, 0.25) is 0 Å². The molecule has 0 saturated carbocycles. The Balaban J connectivity index is 1.63. The Morgan fingerprint density at radius 2 is 2.38 bits per heavy atom. The molecular formula is C12H15FN6O2. The second-order valence-corrected chi connectivity index (χ2v) is 5.03. The molecule has 1 fully saturated rings. The predicted octanol–water partition coefficient (Wildman–Crippen LogP) is 0.874. The molecule has 2 atom stereocenters. The van der Waals surface area contributed by atoms with Crippen LogP contribution in [0, 0.1) is 5.92 Å². The summed E-state index contributed by atoms with van der Waals surface area (Å²) in [6.45, 7) is 0.696. The Labute approximate surface area is 119 Å². The first-order valence-electron chi connectivity index (χ1n) is 6.64. The summed E-state index contributed by atoms with van der Waals surface area (Å²) in [7, 11) is 0. The van der Waals surface area contributed by atoms with Crippen molar-refractivity contribution < 1.29 is 14.3 Å². The number of fused-ring (bicyclic) bond motifs is 1. The summed E-state index contributed by atoms with van der Waals surface area (Å²) in [5, 5.41) is 19.7. The van der Waals surface area contributed by atoms with Gasteiger partial charge in [0.05, 0.1) is 18.9 Å². The lowest BCUT2D eigenvalue weighted by atomic mass is 9.95. The lowest BCUT2D eigenvalue weighted by molar-refractivity contribution is 0.0799. The van der Waals surface area contributed by atoms with Crippen LogP contribution in [0.3, 0.4) is 0 Å². The second-order valence-electron chi connectivity index (χ2n) is 5.03. The molecule has 1 aliphatic heterocycles. The lowest BCUT2D eigenvalue weighted by Crippen LogP contribution is -2.46. The van der Waals surface area contributed by atoms with Gasteiger partial charge in [0.2, 0.25) is 0 Å². The molecule has 112 valence electrons. The molecule has 2 aromatic heterocycles. The van der Waals surface area contributed by atoms with Crippen molar-refractivity contribution in [2.75, 3.05) is 25.0 Å². The van der Waals surface area contributed by atoms with Crippen LogP contribution in [0.4, 0.5) is 15.0 Å². The number of likely N-dealkylation sites (tertiary alicyclic amines) is 1. The van der Waals surface area contributed by atoms with Crippen LogP contribution in [0.15, 0.2) is 18.7 Å². The average Bonchev–Trinajstić information content (AvgIpc) is 2.94. The topological polar surface area (TPSA) is 95.7 Å². The zero-order valence-electron chi connectivity index (χ0n) is 11.2. The third-order valence-electron chi connectivity index (χ3n) is 3.71. The van der Waals surface area contributed by atoms with Gasteiger partial charge < -0.3 is 15.3 Å². The third-order valence-corrected chi connectivity index (χ3v) is 3.71. The van der Waals surface area contributed by atoms with E-state index >= 15 is 0 Å². The van der Waals surface area contributed by atoms with Crippen molar-refractivity contribution in [2.45, 2.75) is 12.6 Å². The van der Waals surface area contributed by atoms with Crippen LogP contribution in [0.5, 0.6) is 0 Å². The second kappa shape index (κ2) is 5.51. The third kappa shape index (κ3) is 2.71. The summed E-state index contributed by atoms with van der Waals surface area (Å²) in [6, 6.07) is 0. The summed E-state index contributed by atoms with van der Waals surface area (Å²) in [4.78, 5) is 16.0. The van der Waals surface area contributed by atoms with Crippen LogP contribution >= 0.6 is 0 Å². The van der Waals surface area contributed by atoms with Crippen LogP contribution in [0.25, 0.3) is 5.65 Å². The van der Waals surface area contributed by atoms with Crippen LogP contribution < -0.4 is 5.32 Å². The number of piperidine rings is 1. The fraction of sp³-hybridized carbons (Fsp3) is 0.500. The zero-order valence-corrected chi connectivity index (χ0v) is 11.2. The van der Waals surface area contributed by atoms with E-state index < -0.39 is 12.3 Å². The first-order chi connectivity index (χ1) is 10.1. The van der Waals surface area contributed by atoms with Crippen molar-refractivity contribution >= 4 is 17.6 Å². The van der Waals surface area contributed by atoms with Gasteiger partial charge in [-0.25, -0.2) is 9.18 Å². The number of hydrogen-bond donors (Lipinski definition) is 2. The van der Waals surface area contributed by atoms with Crippen LogP contribution in [-0.4, -0.2) is 61.5 Å². The average molecular weight is 294 g/mol. The molecule has 0 spiro atoms. The number of aromatic nitrogens is 4. The molecule has 0 radical (unpaired) electrons. The summed E-state index contributed by atoms with van der Waals surface area (Å²) in [6.07, 6.45) is 3.01. The minimum Gasteiger partial charge on any atom is -0.465 e. The normalized spacial score (nSPS) is 22.4. The molecule has 1 aliphatic rings. The number of anilines is 1. The fourth-order valence-corrected chi connectivity index (χ4v) is 2.48. The van der Waals surface area contributed by atoms with Gasteiger partial charge in [0, 0.05) is 19.0 Å². The number of halogens is 1. The van der Waals surface area contributed by atoms with Gasteiger partial charge in [0.15, 0.2) is 5.65 Å². The number of rotatable bonds is 3. The van der Waals surface area contributed by atoms with Gasteiger partial charge in [-0.3, -0.25) is 9.38 Å². The van der Waals surface area contributed by atoms with E-state index in [0.717, 1.165) is 4.90 Å². The maximum atomic E-state index is 14.0. The number of carbonyl (C=O) groups is 1. The monoisotopic (exact) mass is 294 g/mol. The van der Waals surface area contributed by atoms with E-state index in [1.54, 1.807) is 23.1 Å². The highest BCUT2D eigenvalue weighted by Crippen LogP contribution is 2.21. The van der Waals surface area contributed by atoms with Crippen molar-refractivity contribution in [3.05, 3.63) is 18.7 Å². The van der Waals surface area contributed by atoms with E-state index in [1.165, 1.54) is 0 Å². The summed E-state index contributed by atoms with van der Waals surface area (Å²) in [5.74, 6) is 0.456. The first kappa shape index (κ1) is 13.5. The van der Waals surface area contributed by atoms with E-state index in [4.69, 9.17) is 5.11 Å². The number of nitrogens with one attached hydrogen (secondary N) is 1. The molecule has 1 amide bonds. The maximum Gasteiger partial charge on any atom is 0.407 e. The van der Waals surface area contributed by atoms with Gasteiger partial charge in [0.25, 0.3) is 0 Å². The molecule has 0 aromatic carbocycles. The summed E-state index contributed by atoms with van der Waals surface area (Å²) in [5.41, 5.74) is 0.609. The van der Waals surface area contributed by atoms with Crippen molar-refractivity contribution in [3.63, 3.8) is 0 Å². The Morgan fingerprint density at radius 1 is 1.52 bits per heavy atom. The minimum atomic E-state index is -1.17. The zero-order chi connectivity index (χ0) is 14.8. The fourth-order valence-electron chi connectivity index (χ4n) is 2.48. The van der Waals surface area contributed by atoms with Gasteiger partial charge in [-0.15, -0.1) is 10.2 Å². The molecule has 2 unspecified atom stereocenters. The molecule has 0 aliphatic carbocycles. The molecule has 9 heteroatoms. The van der Waals surface area contributed by atoms with E-state index in [2.05, 4.69) is 20.5 Å². The van der Waals surface area contributed by atoms with Crippen LogP contribution in [-0.2, 0) is 0 Å². The molecule has 3 rings (SSSR count). The Kier molecular flexibility index (Phi) is 3.55. The number of hydrogen-bond acceptors (Lipinski definition) is 5. The van der Waals surface area contributed by atoms with Crippen molar-refractivity contribution in [1.29, 1.82) is 0 Å². The van der Waals surface area contributed by atoms with Gasteiger partial charge in [-0.2, -0.15) is 0 Å². The SMILES string of the molecule is O=C(O)N1CCC(CNc2cncc3nncn23)C(F)C1.